The maximum absolute atomic E-state index is 12.4. The standard InChI is InChI=1S/C18H23N5O3/c1-22(2)11-12-23-15(7-9-20-23)16(24)19-10-8-18(26)13-5-3-4-6-14(13)21-17(18)25/h3-7,9,26H,8,10-12H2,1-2H3,(H,19,24)(H,21,25). The van der Waals surface area contributed by atoms with Crippen LogP contribution in [0.15, 0.2) is 36.5 Å². The lowest BCUT2D eigenvalue weighted by Gasteiger charge is -2.21. The highest BCUT2D eigenvalue weighted by atomic mass is 16.3. The molecule has 1 aliphatic heterocycles. The first-order chi connectivity index (χ1) is 12.4. The third-order valence-electron chi connectivity index (χ3n) is 4.48. The molecular weight excluding hydrogens is 334 g/mol. The summed E-state index contributed by atoms with van der Waals surface area (Å²) >= 11 is 0. The van der Waals surface area contributed by atoms with Crippen LogP contribution in [0.1, 0.15) is 22.5 Å². The van der Waals surface area contributed by atoms with Crippen LogP contribution < -0.4 is 10.6 Å². The summed E-state index contributed by atoms with van der Waals surface area (Å²) in [6, 6.07) is 8.67. The molecule has 0 aliphatic carbocycles. The number of amides is 2. The monoisotopic (exact) mass is 357 g/mol. The lowest BCUT2D eigenvalue weighted by atomic mass is 9.92. The number of carbonyl (C=O) groups is 2. The first-order valence-corrected chi connectivity index (χ1v) is 8.50. The Hall–Kier alpha value is -2.71. The number of aliphatic hydroxyl groups is 1. The molecule has 0 spiro atoms. The Bertz CT molecular complexity index is 817. The van der Waals surface area contributed by atoms with Crippen LogP contribution in [0.2, 0.25) is 0 Å². The fourth-order valence-electron chi connectivity index (χ4n) is 2.99. The summed E-state index contributed by atoms with van der Waals surface area (Å²) in [7, 11) is 3.91. The number of hydrogen-bond acceptors (Lipinski definition) is 5. The van der Waals surface area contributed by atoms with E-state index in [9.17, 15) is 14.7 Å². The third kappa shape index (κ3) is 3.47. The molecule has 2 heterocycles. The first kappa shape index (κ1) is 18.1. The molecule has 0 saturated heterocycles. The summed E-state index contributed by atoms with van der Waals surface area (Å²) in [5, 5.41) is 20.4. The summed E-state index contributed by atoms with van der Waals surface area (Å²) in [4.78, 5) is 26.6. The van der Waals surface area contributed by atoms with E-state index >= 15 is 0 Å². The zero-order valence-electron chi connectivity index (χ0n) is 14.9. The van der Waals surface area contributed by atoms with Crippen LogP contribution in [0.5, 0.6) is 0 Å². The van der Waals surface area contributed by atoms with Gasteiger partial charge < -0.3 is 20.6 Å². The van der Waals surface area contributed by atoms with Crippen LogP contribution in [0.25, 0.3) is 0 Å². The Balaban J connectivity index is 1.61. The molecule has 1 atom stereocenters. The van der Waals surface area contributed by atoms with Gasteiger partial charge in [-0.2, -0.15) is 5.10 Å². The van der Waals surface area contributed by atoms with Gasteiger partial charge >= 0.3 is 0 Å². The molecular formula is C18H23N5O3. The number of carbonyl (C=O) groups excluding carboxylic acids is 2. The second-order valence-corrected chi connectivity index (χ2v) is 6.61. The molecule has 2 aromatic rings. The summed E-state index contributed by atoms with van der Waals surface area (Å²) < 4.78 is 1.64. The molecule has 3 N–H and O–H groups in total. The Morgan fingerprint density at radius 3 is 2.88 bits per heavy atom. The molecule has 0 radical (unpaired) electrons. The van der Waals surface area contributed by atoms with Crippen LogP contribution in [0.4, 0.5) is 5.69 Å². The highest BCUT2D eigenvalue weighted by Crippen LogP contribution is 2.37. The van der Waals surface area contributed by atoms with Crippen molar-refractivity contribution in [2.75, 3.05) is 32.5 Å². The molecule has 2 amide bonds. The van der Waals surface area contributed by atoms with Crippen molar-refractivity contribution in [2.24, 2.45) is 0 Å². The average Bonchev–Trinajstić information content (AvgIpc) is 3.17. The predicted octanol–water partition coefficient (Wildman–Crippen LogP) is 0.405. The van der Waals surface area contributed by atoms with E-state index in [1.165, 1.54) is 0 Å². The van der Waals surface area contributed by atoms with Crippen molar-refractivity contribution in [3.63, 3.8) is 0 Å². The second-order valence-electron chi connectivity index (χ2n) is 6.61. The predicted molar refractivity (Wildman–Crippen MR) is 96.7 cm³/mol. The first-order valence-electron chi connectivity index (χ1n) is 8.50. The fourth-order valence-corrected chi connectivity index (χ4v) is 2.99. The van der Waals surface area contributed by atoms with Gasteiger partial charge in [-0.15, -0.1) is 0 Å². The lowest BCUT2D eigenvalue weighted by Crippen LogP contribution is -2.39. The third-order valence-corrected chi connectivity index (χ3v) is 4.48. The van der Waals surface area contributed by atoms with Crippen LogP contribution >= 0.6 is 0 Å². The Morgan fingerprint density at radius 2 is 2.12 bits per heavy atom. The lowest BCUT2D eigenvalue weighted by molar-refractivity contribution is -0.134. The highest BCUT2D eigenvalue weighted by molar-refractivity contribution is 6.04. The van der Waals surface area contributed by atoms with E-state index < -0.39 is 11.5 Å². The number of fused-ring (bicyclic) bond motifs is 1. The zero-order chi connectivity index (χ0) is 18.7. The summed E-state index contributed by atoms with van der Waals surface area (Å²) in [6.45, 7) is 1.52. The number of aromatic nitrogens is 2. The van der Waals surface area contributed by atoms with Crippen molar-refractivity contribution in [2.45, 2.75) is 18.6 Å². The minimum absolute atomic E-state index is 0.0907. The SMILES string of the molecule is CN(C)CCn1nccc1C(=O)NCCC1(O)C(=O)Nc2ccccc21. The molecule has 0 fully saturated rings. The van der Waals surface area contributed by atoms with Crippen molar-refractivity contribution in [3.8, 4) is 0 Å². The van der Waals surface area contributed by atoms with E-state index in [2.05, 4.69) is 15.7 Å². The van der Waals surface area contributed by atoms with Gasteiger partial charge in [-0.1, -0.05) is 18.2 Å². The second kappa shape index (κ2) is 7.27. The molecule has 138 valence electrons. The molecule has 1 aliphatic rings. The Morgan fingerprint density at radius 1 is 1.35 bits per heavy atom. The number of nitrogens with one attached hydrogen (secondary N) is 2. The van der Waals surface area contributed by atoms with Gasteiger partial charge in [-0.3, -0.25) is 14.3 Å². The number of para-hydroxylation sites is 1. The summed E-state index contributed by atoms with van der Waals surface area (Å²) in [5.74, 6) is -0.750. The van der Waals surface area contributed by atoms with Crippen LogP contribution in [0.3, 0.4) is 0 Å². The molecule has 1 unspecified atom stereocenters. The van der Waals surface area contributed by atoms with Gasteiger partial charge in [-0.25, -0.2) is 0 Å². The van der Waals surface area contributed by atoms with Crippen LogP contribution in [-0.4, -0.2) is 58.8 Å². The minimum atomic E-state index is -1.63. The number of benzene rings is 1. The van der Waals surface area contributed by atoms with E-state index in [0.717, 1.165) is 6.54 Å². The molecule has 0 saturated carbocycles. The minimum Gasteiger partial charge on any atom is -0.375 e. The molecule has 1 aromatic carbocycles. The number of likely N-dealkylation sites (N-methyl/N-ethyl adjacent to an activating group) is 1. The molecule has 8 nitrogen and oxygen atoms in total. The van der Waals surface area contributed by atoms with Crippen LogP contribution in [-0.2, 0) is 16.9 Å². The average molecular weight is 357 g/mol. The van der Waals surface area contributed by atoms with Gasteiger partial charge in [-0.05, 0) is 26.2 Å². The van der Waals surface area contributed by atoms with Gasteiger partial charge in [0.15, 0.2) is 5.60 Å². The largest absolute Gasteiger partial charge is 0.375 e. The molecule has 1 aromatic heterocycles. The van der Waals surface area contributed by atoms with Crippen LogP contribution in [0, 0.1) is 0 Å². The maximum Gasteiger partial charge on any atom is 0.269 e. The number of hydrogen-bond donors (Lipinski definition) is 3. The molecule has 0 bridgehead atoms. The van der Waals surface area contributed by atoms with Gasteiger partial charge in [0, 0.05) is 37.0 Å². The Kier molecular flexibility index (Phi) is 5.06. The topological polar surface area (TPSA) is 99.5 Å². The Labute approximate surface area is 151 Å². The van der Waals surface area contributed by atoms with E-state index in [1.54, 1.807) is 41.2 Å². The molecule has 8 heteroatoms. The number of rotatable bonds is 7. The fraction of sp³-hybridized carbons (Fsp3) is 0.389. The van der Waals surface area contributed by atoms with E-state index in [-0.39, 0.29) is 18.9 Å². The highest BCUT2D eigenvalue weighted by Gasteiger charge is 2.44. The zero-order valence-corrected chi connectivity index (χ0v) is 14.9. The van der Waals surface area contributed by atoms with Crippen molar-refractivity contribution in [1.82, 2.24) is 20.0 Å². The summed E-state index contributed by atoms with van der Waals surface area (Å²) in [6.07, 6.45) is 1.67. The van der Waals surface area contributed by atoms with Gasteiger partial charge in [0.1, 0.15) is 5.69 Å². The number of anilines is 1. The van der Waals surface area contributed by atoms with Crippen molar-refractivity contribution >= 4 is 17.5 Å². The van der Waals surface area contributed by atoms with E-state index in [0.29, 0.717) is 23.5 Å². The van der Waals surface area contributed by atoms with E-state index in [4.69, 9.17) is 0 Å². The van der Waals surface area contributed by atoms with Crippen molar-refractivity contribution in [3.05, 3.63) is 47.8 Å². The number of nitrogens with zero attached hydrogens (tertiary/aromatic N) is 3. The smallest absolute Gasteiger partial charge is 0.269 e. The maximum atomic E-state index is 12.4. The van der Waals surface area contributed by atoms with Gasteiger partial charge in [0.2, 0.25) is 0 Å². The van der Waals surface area contributed by atoms with Crippen molar-refractivity contribution < 1.29 is 14.7 Å². The van der Waals surface area contributed by atoms with Crippen molar-refractivity contribution in [1.29, 1.82) is 0 Å². The van der Waals surface area contributed by atoms with Gasteiger partial charge in [0.25, 0.3) is 11.8 Å². The molecule has 26 heavy (non-hydrogen) atoms. The normalized spacial score (nSPS) is 18.7. The molecule has 3 rings (SSSR count). The van der Waals surface area contributed by atoms with Gasteiger partial charge in [0.05, 0.1) is 6.54 Å². The van der Waals surface area contributed by atoms with E-state index in [1.807, 2.05) is 19.0 Å². The quantitative estimate of drug-likeness (QED) is 0.666. The summed E-state index contributed by atoms with van der Waals surface area (Å²) in [5.41, 5.74) is -0.0341.